The van der Waals surface area contributed by atoms with Gasteiger partial charge in [0.1, 0.15) is 11.5 Å². The monoisotopic (exact) mass is 427 g/mol. The standard InChI is InChI=1S/C19H13ClF3NO3S/c20-14-8-10(19(21,22)23)2-6-15(14)27-11-3-5-12-9(7-11)1-4-13(12)16-17(25)24-18(26)28-16/h2-3,5-8,13,25H,1,4H2,(H,24,26)/t13-/m1/s1. The lowest BCUT2D eigenvalue weighted by Crippen LogP contribution is -2.04. The number of thiazole rings is 1. The number of rotatable bonds is 3. The molecule has 0 radical (unpaired) electrons. The van der Waals surface area contributed by atoms with Crippen LogP contribution in [-0.2, 0) is 12.6 Å². The van der Waals surface area contributed by atoms with Gasteiger partial charge in [-0.15, -0.1) is 0 Å². The lowest BCUT2D eigenvalue weighted by atomic mass is 10.00. The number of nitrogens with one attached hydrogen (secondary N) is 1. The van der Waals surface area contributed by atoms with Crippen molar-refractivity contribution in [3.63, 3.8) is 0 Å². The van der Waals surface area contributed by atoms with E-state index in [0.29, 0.717) is 10.6 Å². The smallest absolute Gasteiger partial charge is 0.416 e. The van der Waals surface area contributed by atoms with Crippen molar-refractivity contribution in [2.45, 2.75) is 24.9 Å². The number of benzene rings is 2. The van der Waals surface area contributed by atoms with Crippen LogP contribution in [0.2, 0.25) is 5.02 Å². The van der Waals surface area contributed by atoms with Crippen molar-refractivity contribution in [2.24, 2.45) is 0 Å². The Morgan fingerprint density at radius 3 is 2.64 bits per heavy atom. The van der Waals surface area contributed by atoms with Gasteiger partial charge >= 0.3 is 11.0 Å². The molecule has 4 nitrogen and oxygen atoms in total. The number of fused-ring (bicyclic) bond motifs is 1. The molecule has 0 aliphatic heterocycles. The summed E-state index contributed by atoms with van der Waals surface area (Å²) in [6.45, 7) is 0. The van der Waals surface area contributed by atoms with Crippen LogP contribution in [0.3, 0.4) is 0 Å². The molecule has 0 fully saturated rings. The summed E-state index contributed by atoms with van der Waals surface area (Å²) in [5.74, 6) is 0.394. The van der Waals surface area contributed by atoms with E-state index in [1.165, 1.54) is 6.07 Å². The Bertz CT molecular complexity index is 1110. The zero-order chi connectivity index (χ0) is 20.1. The minimum atomic E-state index is -4.47. The second-order valence-corrected chi connectivity index (χ2v) is 7.85. The van der Waals surface area contributed by atoms with Crippen LogP contribution in [0.25, 0.3) is 0 Å². The third kappa shape index (κ3) is 3.49. The Morgan fingerprint density at radius 2 is 2.00 bits per heavy atom. The number of H-pyrrole nitrogens is 1. The van der Waals surface area contributed by atoms with E-state index in [0.717, 1.165) is 47.4 Å². The van der Waals surface area contributed by atoms with Crippen molar-refractivity contribution >= 4 is 22.9 Å². The molecule has 1 aromatic heterocycles. The van der Waals surface area contributed by atoms with Gasteiger partial charge in [-0.05, 0) is 54.3 Å². The van der Waals surface area contributed by atoms with Gasteiger partial charge in [0.15, 0.2) is 0 Å². The fourth-order valence-corrected chi connectivity index (χ4v) is 4.49. The summed E-state index contributed by atoms with van der Waals surface area (Å²) in [5.41, 5.74) is 1.13. The average molecular weight is 428 g/mol. The molecule has 0 amide bonds. The van der Waals surface area contributed by atoms with Gasteiger partial charge in [-0.25, -0.2) is 0 Å². The first-order valence-corrected chi connectivity index (χ1v) is 9.51. The maximum Gasteiger partial charge on any atom is 0.416 e. The molecule has 146 valence electrons. The summed E-state index contributed by atoms with van der Waals surface area (Å²) in [5, 5.41) is 9.78. The fraction of sp³-hybridized carbons (Fsp3) is 0.211. The molecule has 0 bridgehead atoms. The van der Waals surface area contributed by atoms with Crippen molar-refractivity contribution in [3.05, 3.63) is 72.7 Å². The molecule has 1 aliphatic rings. The molecule has 4 rings (SSSR count). The van der Waals surface area contributed by atoms with E-state index in [2.05, 4.69) is 4.98 Å². The number of ether oxygens (including phenoxy) is 1. The first kappa shape index (κ1) is 18.9. The second-order valence-electron chi connectivity index (χ2n) is 6.42. The van der Waals surface area contributed by atoms with E-state index < -0.39 is 11.7 Å². The van der Waals surface area contributed by atoms with Crippen molar-refractivity contribution in [1.29, 1.82) is 0 Å². The topological polar surface area (TPSA) is 62.3 Å². The molecule has 1 aliphatic carbocycles. The van der Waals surface area contributed by atoms with Crippen LogP contribution in [0.1, 0.15) is 33.9 Å². The number of aromatic nitrogens is 1. The minimum absolute atomic E-state index is 0.0809. The maximum absolute atomic E-state index is 12.7. The molecule has 2 N–H and O–H groups in total. The van der Waals surface area contributed by atoms with Crippen LogP contribution < -0.4 is 9.61 Å². The highest BCUT2D eigenvalue weighted by Crippen LogP contribution is 2.44. The lowest BCUT2D eigenvalue weighted by molar-refractivity contribution is -0.137. The van der Waals surface area contributed by atoms with E-state index in [1.54, 1.807) is 12.1 Å². The lowest BCUT2D eigenvalue weighted by Gasteiger charge is -2.13. The predicted molar refractivity (Wildman–Crippen MR) is 99.7 cm³/mol. The molecule has 1 atom stereocenters. The van der Waals surface area contributed by atoms with Gasteiger partial charge in [-0.3, -0.25) is 9.78 Å². The summed E-state index contributed by atoms with van der Waals surface area (Å²) in [4.78, 5) is 14.1. The highest BCUT2D eigenvalue weighted by molar-refractivity contribution is 7.09. The van der Waals surface area contributed by atoms with E-state index in [1.807, 2.05) is 6.07 Å². The summed E-state index contributed by atoms with van der Waals surface area (Å²) in [7, 11) is 0. The van der Waals surface area contributed by atoms with E-state index in [9.17, 15) is 23.1 Å². The number of alkyl halides is 3. The molecule has 1 heterocycles. The number of aryl methyl sites for hydroxylation is 1. The third-order valence-corrected chi connectivity index (χ3v) is 5.93. The Kier molecular flexibility index (Phi) is 4.63. The Hall–Kier alpha value is -2.45. The van der Waals surface area contributed by atoms with Crippen molar-refractivity contribution < 1.29 is 23.0 Å². The molecule has 9 heteroatoms. The van der Waals surface area contributed by atoms with Crippen LogP contribution in [-0.4, -0.2) is 10.1 Å². The van der Waals surface area contributed by atoms with Crippen LogP contribution >= 0.6 is 22.9 Å². The van der Waals surface area contributed by atoms with E-state index in [4.69, 9.17) is 16.3 Å². The first-order valence-electron chi connectivity index (χ1n) is 8.32. The van der Waals surface area contributed by atoms with Gasteiger partial charge < -0.3 is 9.84 Å². The molecule has 0 saturated carbocycles. The highest BCUT2D eigenvalue weighted by atomic mass is 35.5. The van der Waals surface area contributed by atoms with Crippen molar-refractivity contribution in [1.82, 2.24) is 4.98 Å². The molecule has 0 saturated heterocycles. The Labute approximate surface area is 166 Å². The van der Waals surface area contributed by atoms with Crippen LogP contribution in [0.5, 0.6) is 17.4 Å². The van der Waals surface area contributed by atoms with Crippen LogP contribution in [0, 0.1) is 0 Å². The first-order chi connectivity index (χ1) is 13.2. The number of halogens is 4. The molecule has 3 aromatic rings. The molecular weight excluding hydrogens is 415 g/mol. The van der Waals surface area contributed by atoms with Gasteiger partial charge in [0.05, 0.1) is 15.5 Å². The average Bonchev–Trinajstić information content (AvgIpc) is 3.17. The molecular formula is C19H13ClF3NO3S. The van der Waals surface area contributed by atoms with Gasteiger partial charge in [0.2, 0.25) is 5.88 Å². The normalized spacial score (nSPS) is 16.2. The SMILES string of the molecule is O=c1[nH]c(O)c([C@@H]2CCc3cc(Oc4ccc(C(F)(F)F)cc4Cl)ccc32)s1. The fourth-order valence-electron chi connectivity index (χ4n) is 3.38. The van der Waals surface area contributed by atoms with Crippen LogP contribution in [0.15, 0.2) is 41.2 Å². The molecule has 0 unspecified atom stereocenters. The minimum Gasteiger partial charge on any atom is -0.494 e. The predicted octanol–water partition coefficient (Wildman–Crippen LogP) is 5.68. The summed E-state index contributed by atoms with van der Waals surface area (Å²) in [6.07, 6.45) is -3.01. The zero-order valence-electron chi connectivity index (χ0n) is 14.1. The van der Waals surface area contributed by atoms with Crippen LogP contribution in [0.4, 0.5) is 13.2 Å². The van der Waals surface area contributed by atoms with E-state index in [-0.39, 0.29) is 27.4 Å². The van der Waals surface area contributed by atoms with Gasteiger partial charge in [-0.1, -0.05) is 29.0 Å². The molecule has 28 heavy (non-hydrogen) atoms. The second kappa shape index (κ2) is 6.86. The van der Waals surface area contributed by atoms with Crippen molar-refractivity contribution in [2.75, 3.05) is 0 Å². The molecule has 0 spiro atoms. The molecule has 2 aromatic carbocycles. The number of hydrogen-bond acceptors (Lipinski definition) is 4. The number of aromatic hydroxyl groups is 1. The van der Waals surface area contributed by atoms with Gasteiger partial charge in [0, 0.05) is 5.92 Å². The highest BCUT2D eigenvalue weighted by Gasteiger charge is 2.31. The van der Waals surface area contributed by atoms with Gasteiger partial charge in [0.25, 0.3) is 0 Å². The van der Waals surface area contributed by atoms with Crippen molar-refractivity contribution in [3.8, 4) is 17.4 Å². The number of aromatic amines is 1. The maximum atomic E-state index is 12.7. The quantitative estimate of drug-likeness (QED) is 0.565. The van der Waals surface area contributed by atoms with Gasteiger partial charge in [-0.2, -0.15) is 13.2 Å². The Morgan fingerprint density at radius 1 is 1.21 bits per heavy atom. The zero-order valence-corrected chi connectivity index (χ0v) is 15.7. The summed E-state index contributed by atoms with van der Waals surface area (Å²) >= 11 is 6.93. The summed E-state index contributed by atoms with van der Waals surface area (Å²) in [6, 6.07) is 8.27. The van der Waals surface area contributed by atoms with E-state index >= 15 is 0 Å². The summed E-state index contributed by atoms with van der Waals surface area (Å²) < 4.78 is 43.9. The largest absolute Gasteiger partial charge is 0.494 e. The number of hydrogen-bond donors (Lipinski definition) is 2. The third-order valence-electron chi connectivity index (χ3n) is 4.65. The Balaban J connectivity index is 1.59.